The van der Waals surface area contributed by atoms with Crippen LogP contribution in [0.5, 0.6) is 0 Å². The molecule has 1 saturated heterocycles. The normalized spacial score (nSPS) is 30.2. The molecule has 0 saturated carbocycles. The Morgan fingerprint density at radius 1 is 1.29 bits per heavy atom. The molecule has 5 nitrogen and oxygen atoms in total. The third kappa shape index (κ3) is 4.21. The number of aliphatic carboxylic acids is 1. The molecule has 1 heterocycles. The van der Waals surface area contributed by atoms with Crippen molar-refractivity contribution in [2.45, 2.75) is 104 Å². The molecule has 1 aliphatic heterocycles. The third-order valence-corrected chi connectivity index (χ3v) is 10.0. The van der Waals surface area contributed by atoms with E-state index in [0.29, 0.717) is 0 Å². The molecule has 6 heteroatoms. The molecular weight excluding hydrogens is 324 g/mol. The Morgan fingerprint density at radius 2 is 1.79 bits per heavy atom. The van der Waals surface area contributed by atoms with Crippen LogP contribution in [0.2, 0.25) is 18.1 Å². The Bertz CT molecular complexity index is 469. The van der Waals surface area contributed by atoms with Crippen LogP contribution in [0.25, 0.3) is 0 Å². The topological polar surface area (TPSA) is 65.0 Å². The van der Waals surface area contributed by atoms with Gasteiger partial charge in [-0.2, -0.15) is 0 Å². The van der Waals surface area contributed by atoms with Crippen LogP contribution >= 0.6 is 0 Å². The second-order valence-electron chi connectivity index (χ2n) is 9.13. The van der Waals surface area contributed by atoms with Crippen molar-refractivity contribution in [1.29, 1.82) is 0 Å². The maximum Gasteiger partial charge on any atom is 0.308 e. The molecule has 0 aromatic carbocycles. The summed E-state index contributed by atoms with van der Waals surface area (Å²) in [5, 5.41) is 9.56. The molecule has 0 aromatic heterocycles. The summed E-state index contributed by atoms with van der Waals surface area (Å²) in [7, 11) is -2.02. The number of hydrogen-bond donors (Lipinski definition) is 1. The van der Waals surface area contributed by atoms with Gasteiger partial charge in [0.15, 0.2) is 14.1 Å². The van der Waals surface area contributed by atoms with E-state index in [1.165, 1.54) is 0 Å². The van der Waals surface area contributed by atoms with Crippen molar-refractivity contribution in [3.63, 3.8) is 0 Å². The highest BCUT2D eigenvalue weighted by Crippen LogP contribution is 2.46. The first-order chi connectivity index (χ1) is 10.6. The standard InChI is InChI=1S/C18H36O5Si/c1-11-13(22-24(9,10)16(3,4)5)18(8)14(12(2)15(19)20)21-17(6,7)23-18/h12-14H,11H2,1-10H3,(H,19,20). The van der Waals surface area contributed by atoms with Gasteiger partial charge in [0.05, 0.1) is 12.0 Å². The van der Waals surface area contributed by atoms with E-state index in [4.69, 9.17) is 13.9 Å². The monoisotopic (exact) mass is 360 g/mol. The maximum atomic E-state index is 11.6. The van der Waals surface area contributed by atoms with Crippen LogP contribution < -0.4 is 0 Å². The predicted molar refractivity (Wildman–Crippen MR) is 97.6 cm³/mol. The van der Waals surface area contributed by atoms with E-state index in [0.717, 1.165) is 6.42 Å². The van der Waals surface area contributed by atoms with Gasteiger partial charge in [0.2, 0.25) is 0 Å². The Morgan fingerprint density at radius 3 is 2.17 bits per heavy atom. The Kier molecular flexibility index (Phi) is 6.04. The van der Waals surface area contributed by atoms with Gasteiger partial charge < -0.3 is 19.0 Å². The summed E-state index contributed by atoms with van der Waals surface area (Å²) in [6, 6.07) is 0. The fraction of sp³-hybridized carbons (Fsp3) is 0.944. The Balaban J connectivity index is 3.22. The van der Waals surface area contributed by atoms with Gasteiger partial charge in [0.1, 0.15) is 11.7 Å². The summed E-state index contributed by atoms with van der Waals surface area (Å²) in [5.74, 6) is -2.38. The first-order valence-electron chi connectivity index (χ1n) is 8.86. The third-order valence-electron chi connectivity index (χ3n) is 5.54. The zero-order valence-corrected chi connectivity index (χ0v) is 18.0. The summed E-state index contributed by atoms with van der Waals surface area (Å²) >= 11 is 0. The summed E-state index contributed by atoms with van der Waals surface area (Å²) in [4.78, 5) is 11.6. The molecule has 1 N–H and O–H groups in total. The summed E-state index contributed by atoms with van der Waals surface area (Å²) in [5.41, 5.74) is -0.800. The smallest absolute Gasteiger partial charge is 0.308 e. The fourth-order valence-corrected chi connectivity index (χ4v) is 4.61. The average Bonchev–Trinajstić information content (AvgIpc) is 2.64. The van der Waals surface area contributed by atoms with Crippen LogP contribution in [0.1, 0.15) is 61.8 Å². The molecule has 0 aromatic rings. The predicted octanol–water partition coefficient (Wildman–Crippen LogP) is 4.42. The number of hydrogen-bond acceptors (Lipinski definition) is 4. The van der Waals surface area contributed by atoms with E-state index in [2.05, 4.69) is 40.8 Å². The van der Waals surface area contributed by atoms with Gasteiger partial charge >= 0.3 is 5.97 Å². The number of carboxylic acids is 1. The molecule has 24 heavy (non-hydrogen) atoms. The lowest BCUT2D eigenvalue weighted by atomic mass is 9.84. The first kappa shape index (κ1) is 21.6. The van der Waals surface area contributed by atoms with Gasteiger partial charge in [-0.3, -0.25) is 4.79 Å². The molecule has 1 rings (SSSR count). The zero-order valence-electron chi connectivity index (χ0n) is 17.0. The molecule has 0 aliphatic carbocycles. The van der Waals surface area contributed by atoms with Crippen LogP contribution in [-0.4, -0.2) is 43.0 Å². The lowest BCUT2D eigenvalue weighted by molar-refractivity contribution is -0.178. The summed E-state index contributed by atoms with van der Waals surface area (Å²) in [6.07, 6.45) is -0.0302. The van der Waals surface area contributed by atoms with Gasteiger partial charge in [-0.15, -0.1) is 0 Å². The molecule has 4 unspecified atom stereocenters. The number of ether oxygens (including phenoxy) is 2. The number of rotatable bonds is 6. The number of carbonyl (C=O) groups is 1. The van der Waals surface area contributed by atoms with E-state index < -0.39 is 37.7 Å². The minimum atomic E-state index is -2.02. The molecule has 0 bridgehead atoms. The quantitative estimate of drug-likeness (QED) is 0.710. The van der Waals surface area contributed by atoms with E-state index in [-0.39, 0.29) is 11.1 Å². The first-order valence-corrected chi connectivity index (χ1v) is 11.8. The average molecular weight is 361 g/mol. The molecule has 4 atom stereocenters. The fourth-order valence-electron chi connectivity index (χ4n) is 3.15. The molecular formula is C18H36O5Si. The highest BCUT2D eigenvalue weighted by atomic mass is 28.4. The number of carboxylic acid groups (broad SMARTS) is 1. The molecule has 0 spiro atoms. The molecule has 0 radical (unpaired) electrons. The second-order valence-corrected chi connectivity index (χ2v) is 13.9. The summed E-state index contributed by atoms with van der Waals surface area (Å²) < 4.78 is 18.9. The minimum Gasteiger partial charge on any atom is -0.481 e. The van der Waals surface area contributed by atoms with E-state index in [1.54, 1.807) is 6.92 Å². The lowest BCUT2D eigenvalue weighted by Crippen LogP contribution is -2.57. The highest BCUT2D eigenvalue weighted by molar-refractivity contribution is 6.74. The Hall–Kier alpha value is -0.433. The van der Waals surface area contributed by atoms with Crippen molar-refractivity contribution in [3.05, 3.63) is 0 Å². The largest absolute Gasteiger partial charge is 0.481 e. The molecule has 1 fully saturated rings. The van der Waals surface area contributed by atoms with Crippen LogP contribution in [0.3, 0.4) is 0 Å². The zero-order chi connectivity index (χ0) is 19.1. The maximum absolute atomic E-state index is 11.6. The SMILES string of the molecule is CCC(O[Si](C)(C)C(C)(C)C)C1(C)OC(C)(C)OC1C(C)C(=O)O. The van der Waals surface area contributed by atoms with Gasteiger partial charge in [-0.05, 0) is 52.2 Å². The van der Waals surface area contributed by atoms with Gasteiger partial charge in [-0.25, -0.2) is 0 Å². The molecule has 0 amide bonds. The van der Waals surface area contributed by atoms with Crippen molar-refractivity contribution in [2.75, 3.05) is 0 Å². The summed E-state index contributed by atoms with van der Waals surface area (Å²) in [6.45, 7) is 20.3. The highest BCUT2D eigenvalue weighted by Gasteiger charge is 2.58. The second kappa shape index (κ2) is 6.70. The van der Waals surface area contributed by atoms with Crippen molar-refractivity contribution in [1.82, 2.24) is 0 Å². The van der Waals surface area contributed by atoms with E-state index >= 15 is 0 Å². The van der Waals surface area contributed by atoms with E-state index in [1.807, 2.05) is 20.8 Å². The van der Waals surface area contributed by atoms with Gasteiger partial charge in [-0.1, -0.05) is 27.7 Å². The van der Waals surface area contributed by atoms with Crippen LogP contribution in [0, 0.1) is 5.92 Å². The van der Waals surface area contributed by atoms with Crippen LogP contribution in [-0.2, 0) is 18.7 Å². The lowest BCUT2D eigenvalue weighted by Gasteiger charge is -2.45. The molecule has 1 aliphatic rings. The van der Waals surface area contributed by atoms with Crippen molar-refractivity contribution < 1.29 is 23.8 Å². The van der Waals surface area contributed by atoms with Crippen LogP contribution in [0.4, 0.5) is 0 Å². The van der Waals surface area contributed by atoms with Gasteiger partial charge in [0, 0.05) is 0 Å². The molecule has 142 valence electrons. The van der Waals surface area contributed by atoms with Gasteiger partial charge in [0.25, 0.3) is 0 Å². The Labute approximate surface area is 148 Å². The minimum absolute atomic E-state index is 0.0691. The van der Waals surface area contributed by atoms with Crippen molar-refractivity contribution >= 4 is 14.3 Å². The van der Waals surface area contributed by atoms with Crippen molar-refractivity contribution in [2.24, 2.45) is 5.92 Å². The van der Waals surface area contributed by atoms with E-state index in [9.17, 15) is 9.90 Å². The van der Waals surface area contributed by atoms with Crippen LogP contribution in [0.15, 0.2) is 0 Å². The van der Waals surface area contributed by atoms with Crippen molar-refractivity contribution in [3.8, 4) is 0 Å².